The zero-order valence-corrected chi connectivity index (χ0v) is 10.1. The molecule has 0 aromatic carbocycles. The highest BCUT2D eigenvalue weighted by Crippen LogP contribution is 2.43. The minimum atomic E-state index is 0.613. The average Bonchev–Trinajstić information content (AvgIpc) is 3.01. The summed E-state index contributed by atoms with van der Waals surface area (Å²) in [6.45, 7) is 0. The van der Waals surface area contributed by atoms with Crippen molar-refractivity contribution in [3.05, 3.63) is 16.0 Å². The highest BCUT2D eigenvalue weighted by molar-refractivity contribution is 9.10. The lowest BCUT2D eigenvalue weighted by Crippen LogP contribution is -2.05. The third-order valence-electron chi connectivity index (χ3n) is 3.08. The SMILES string of the molecule is Nc1nc(CC2CC2)nc(C2CC2)c1Br. The Labute approximate surface area is 97.6 Å². The quantitative estimate of drug-likeness (QED) is 0.916. The molecule has 0 bridgehead atoms. The van der Waals surface area contributed by atoms with Crippen molar-refractivity contribution in [3.63, 3.8) is 0 Å². The van der Waals surface area contributed by atoms with E-state index in [1.165, 1.54) is 25.7 Å². The first-order valence-electron chi connectivity index (χ1n) is 5.56. The zero-order valence-electron chi connectivity index (χ0n) is 8.54. The van der Waals surface area contributed by atoms with Gasteiger partial charge >= 0.3 is 0 Å². The largest absolute Gasteiger partial charge is 0.383 e. The second kappa shape index (κ2) is 3.44. The maximum atomic E-state index is 5.89. The van der Waals surface area contributed by atoms with Crippen LogP contribution in [0.1, 0.15) is 43.1 Å². The monoisotopic (exact) mass is 267 g/mol. The summed E-state index contributed by atoms with van der Waals surface area (Å²) < 4.78 is 0.921. The first-order chi connectivity index (χ1) is 7.24. The van der Waals surface area contributed by atoms with Crippen molar-refractivity contribution in [3.8, 4) is 0 Å². The van der Waals surface area contributed by atoms with Crippen LogP contribution in [0.4, 0.5) is 5.82 Å². The maximum absolute atomic E-state index is 5.89. The van der Waals surface area contributed by atoms with Crippen LogP contribution in [0.2, 0.25) is 0 Å². The van der Waals surface area contributed by atoms with Crippen molar-refractivity contribution < 1.29 is 0 Å². The highest BCUT2D eigenvalue weighted by atomic mass is 79.9. The summed E-state index contributed by atoms with van der Waals surface area (Å²) in [6, 6.07) is 0. The van der Waals surface area contributed by atoms with Crippen molar-refractivity contribution in [1.29, 1.82) is 0 Å². The number of hydrogen-bond acceptors (Lipinski definition) is 3. The topological polar surface area (TPSA) is 51.8 Å². The number of aromatic nitrogens is 2. The summed E-state index contributed by atoms with van der Waals surface area (Å²) in [6.07, 6.45) is 6.17. The first-order valence-corrected chi connectivity index (χ1v) is 6.35. The second-order valence-corrected chi connectivity index (χ2v) is 5.44. The molecule has 2 fully saturated rings. The average molecular weight is 268 g/mol. The lowest BCUT2D eigenvalue weighted by molar-refractivity contribution is 0.756. The number of rotatable bonds is 3. The van der Waals surface area contributed by atoms with Gasteiger partial charge in [-0.05, 0) is 47.5 Å². The van der Waals surface area contributed by atoms with Crippen LogP contribution < -0.4 is 5.73 Å². The summed E-state index contributed by atoms with van der Waals surface area (Å²) in [5.74, 6) is 3.00. The van der Waals surface area contributed by atoms with E-state index >= 15 is 0 Å². The Kier molecular flexibility index (Phi) is 2.20. The van der Waals surface area contributed by atoms with E-state index in [-0.39, 0.29) is 0 Å². The van der Waals surface area contributed by atoms with Crippen LogP contribution in [-0.2, 0) is 6.42 Å². The Morgan fingerprint density at radius 3 is 2.53 bits per heavy atom. The fraction of sp³-hybridized carbons (Fsp3) is 0.636. The molecule has 3 rings (SSSR count). The Hall–Kier alpha value is -0.640. The van der Waals surface area contributed by atoms with Crippen molar-refractivity contribution in [2.24, 2.45) is 5.92 Å². The fourth-order valence-electron chi connectivity index (χ4n) is 1.83. The van der Waals surface area contributed by atoms with E-state index in [4.69, 9.17) is 5.73 Å². The van der Waals surface area contributed by atoms with Crippen LogP contribution in [0.25, 0.3) is 0 Å². The van der Waals surface area contributed by atoms with Gasteiger partial charge in [0.2, 0.25) is 0 Å². The lowest BCUT2D eigenvalue weighted by atomic mass is 10.2. The predicted molar refractivity (Wildman–Crippen MR) is 62.5 cm³/mol. The molecule has 0 aliphatic heterocycles. The van der Waals surface area contributed by atoms with Gasteiger partial charge < -0.3 is 5.73 Å². The molecule has 1 aromatic rings. The summed E-state index contributed by atoms with van der Waals surface area (Å²) in [5.41, 5.74) is 7.02. The molecule has 2 saturated carbocycles. The highest BCUT2D eigenvalue weighted by Gasteiger charge is 2.30. The number of halogens is 1. The maximum Gasteiger partial charge on any atom is 0.141 e. The minimum absolute atomic E-state index is 0.613. The third-order valence-corrected chi connectivity index (χ3v) is 3.89. The molecule has 80 valence electrons. The first kappa shape index (κ1) is 9.58. The summed E-state index contributed by atoms with van der Waals surface area (Å²) >= 11 is 3.49. The van der Waals surface area contributed by atoms with Crippen LogP contribution in [0.3, 0.4) is 0 Å². The molecular weight excluding hydrogens is 254 g/mol. The van der Waals surface area contributed by atoms with E-state index in [1.54, 1.807) is 0 Å². The molecular formula is C11H14BrN3. The molecule has 0 spiro atoms. The number of hydrogen-bond donors (Lipinski definition) is 1. The third kappa shape index (κ3) is 2.00. The number of nitrogens with zero attached hydrogens (tertiary/aromatic N) is 2. The predicted octanol–water partition coefficient (Wildman–Crippen LogP) is 2.65. The van der Waals surface area contributed by atoms with Gasteiger partial charge in [0, 0.05) is 12.3 Å². The summed E-state index contributed by atoms with van der Waals surface area (Å²) in [4.78, 5) is 8.98. The summed E-state index contributed by atoms with van der Waals surface area (Å²) in [7, 11) is 0. The molecule has 4 heteroatoms. The Balaban J connectivity index is 1.93. The second-order valence-electron chi connectivity index (χ2n) is 4.65. The van der Waals surface area contributed by atoms with Crippen LogP contribution >= 0.6 is 15.9 Å². The van der Waals surface area contributed by atoms with Gasteiger partial charge in [0.05, 0.1) is 10.2 Å². The fourth-order valence-corrected chi connectivity index (χ4v) is 2.33. The van der Waals surface area contributed by atoms with Gasteiger partial charge in [-0.1, -0.05) is 0 Å². The van der Waals surface area contributed by atoms with Crippen molar-refractivity contribution in [2.75, 3.05) is 5.73 Å². The summed E-state index contributed by atoms with van der Waals surface area (Å²) in [5, 5.41) is 0. The van der Waals surface area contributed by atoms with Gasteiger partial charge in [-0.2, -0.15) is 0 Å². The lowest BCUT2D eigenvalue weighted by Gasteiger charge is -2.07. The Bertz CT molecular complexity index is 397. The van der Waals surface area contributed by atoms with Gasteiger partial charge in [0.25, 0.3) is 0 Å². The molecule has 0 atom stereocenters. The van der Waals surface area contributed by atoms with Crippen molar-refractivity contribution in [1.82, 2.24) is 9.97 Å². The van der Waals surface area contributed by atoms with Crippen molar-refractivity contribution in [2.45, 2.75) is 38.0 Å². The Morgan fingerprint density at radius 1 is 1.20 bits per heavy atom. The van der Waals surface area contributed by atoms with E-state index in [0.29, 0.717) is 11.7 Å². The molecule has 0 saturated heterocycles. The Morgan fingerprint density at radius 2 is 1.93 bits per heavy atom. The molecule has 0 amide bonds. The minimum Gasteiger partial charge on any atom is -0.383 e. The van der Waals surface area contributed by atoms with E-state index in [2.05, 4.69) is 25.9 Å². The molecule has 15 heavy (non-hydrogen) atoms. The van der Waals surface area contributed by atoms with Gasteiger partial charge in [-0.25, -0.2) is 9.97 Å². The van der Waals surface area contributed by atoms with Crippen LogP contribution in [0, 0.1) is 5.92 Å². The molecule has 3 nitrogen and oxygen atoms in total. The zero-order chi connectivity index (χ0) is 10.4. The molecule has 0 radical (unpaired) electrons. The molecule has 1 aromatic heterocycles. The molecule has 0 unspecified atom stereocenters. The van der Waals surface area contributed by atoms with E-state index in [0.717, 1.165) is 28.3 Å². The van der Waals surface area contributed by atoms with Gasteiger partial charge in [-0.15, -0.1) is 0 Å². The van der Waals surface area contributed by atoms with Gasteiger partial charge in [-0.3, -0.25) is 0 Å². The smallest absolute Gasteiger partial charge is 0.141 e. The van der Waals surface area contributed by atoms with Gasteiger partial charge in [0.15, 0.2) is 0 Å². The van der Waals surface area contributed by atoms with Crippen LogP contribution in [0.15, 0.2) is 4.47 Å². The number of nitrogen functional groups attached to an aromatic ring is 1. The molecule has 1 heterocycles. The van der Waals surface area contributed by atoms with Crippen LogP contribution in [0.5, 0.6) is 0 Å². The van der Waals surface area contributed by atoms with E-state index in [1.807, 2.05) is 0 Å². The number of anilines is 1. The standard InChI is InChI=1S/C11H14BrN3/c12-9-10(7-3-4-7)14-8(15-11(9)13)5-6-1-2-6/h6-7H,1-5H2,(H2,13,14,15). The normalized spacial score (nSPS) is 20.6. The molecule has 2 aliphatic rings. The van der Waals surface area contributed by atoms with Gasteiger partial charge in [0.1, 0.15) is 11.6 Å². The number of nitrogens with two attached hydrogens (primary N) is 1. The van der Waals surface area contributed by atoms with Crippen LogP contribution in [-0.4, -0.2) is 9.97 Å². The molecule has 2 aliphatic carbocycles. The molecule has 2 N–H and O–H groups in total. The van der Waals surface area contributed by atoms with Crippen molar-refractivity contribution >= 4 is 21.7 Å². The van der Waals surface area contributed by atoms with E-state index < -0.39 is 0 Å². The van der Waals surface area contributed by atoms with E-state index in [9.17, 15) is 0 Å².